The van der Waals surface area contributed by atoms with Crippen LogP contribution in [-0.4, -0.2) is 62.5 Å². The van der Waals surface area contributed by atoms with Gasteiger partial charge in [-0.1, -0.05) is 23.7 Å². The molecule has 11 heteroatoms. The van der Waals surface area contributed by atoms with Gasteiger partial charge in [-0.3, -0.25) is 19.3 Å². The molecule has 1 aromatic heterocycles. The van der Waals surface area contributed by atoms with Gasteiger partial charge in [0.05, 0.1) is 16.9 Å². The van der Waals surface area contributed by atoms with E-state index in [0.29, 0.717) is 5.02 Å². The van der Waals surface area contributed by atoms with Crippen LogP contribution in [0.3, 0.4) is 0 Å². The summed E-state index contributed by atoms with van der Waals surface area (Å²) in [5.41, 5.74) is 0. The SMILES string of the molecule is CN1C(=O)[C@@H]2ON(CCNS(=O)(=O)c3ccc(Cl)cc3)C(/C=C/c3cccs3)[C@@H]2C1=O. The number of benzene rings is 1. The third kappa shape index (κ3) is 4.45. The van der Waals surface area contributed by atoms with Gasteiger partial charge in [-0.25, -0.2) is 13.1 Å². The fraction of sp³-hybridized carbons (Fsp3) is 0.300. The molecule has 1 N–H and O–H groups in total. The van der Waals surface area contributed by atoms with Gasteiger partial charge < -0.3 is 0 Å². The molecule has 2 aromatic rings. The van der Waals surface area contributed by atoms with E-state index in [2.05, 4.69) is 4.72 Å². The molecular weight excluding hydrogens is 462 g/mol. The second kappa shape index (κ2) is 8.81. The summed E-state index contributed by atoms with van der Waals surface area (Å²) in [6.07, 6.45) is 2.81. The van der Waals surface area contributed by atoms with Gasteiger partial charge in [0.15, 0.2) is 6.10 Å². The van der Waals surface area contributed by atoms with Crippen LogP contribution in [0.5, 0.6) is 0 Å². The molecule has 1 unspecified atom stereocenters. The Morgan fingerprint density at radius 3 is 2.61 bits per heavy atom. The van der Waals surface area contributed by atoms with E-state index in [0.717, 1.165) is 9.78 Å². The minimum atomic E-state index is -3.73. The van der Waals surface area contributed by atoms with E-state index in [1.807, 2.05) is 29.7 Å². The Morgan fingerprint density at radius 2 is 1.94 bits per heavy atom. The van der Waals surface area contributed by atoms with Crippen LogP contribution in [0, 0.1) is 5.92 Å². The summed E-state index contributed by atoms with van der Waals surface area (Å²) in [5.74, 6) is -1.37. The highest BCUT2D eigenvalue weighted by Crippen LogP contribution is 2.36. The van der Waals surface area contributed by atoms with Gasteiger partial charge in [0, 0.05) is 30.0 Å². The topological polar surface area (TPSA) is 96.0 Å². The van der Waals surface area contributed by atoms with Gasteiger partial charge in [0.1, 0.15) is 0 Å². The average Bonchev–Trinajstić information content (AvgIpc) is 3.42. The molecule has 0 bridgehead atoms. The number of likely N-dealkylation sites (N-methyl/N-ethyl adjacent to an activating group) is 1. The number of hydrogen-bond donors (Lipinski definition) is 1. The first-order valence-electron chi connectivity index (χ1n) is 9.50. The number of halogens is 1. The molecule has 0 aliphatic carbocycles. The Balaban J connectivity index is 1.47. The number of rotatable bonds is 7. The van der Waals surface area contributed by atoms with Crippen molar-refractivity contribution in [3.63, 3.8) is 0 Å². The minimum Gasteiger partial charge on any atom is -0.284 e. The Bertz CT molecular complexity index is 1100. The maximum Gasteiger partial charge on any atom is 0.261 e. The van der Waals surface area contributed by atoms with E-state index in [4.69, 9.17) is 16.4 Å². The number of thiophene rings is 1. The van der Waals surface area contributed by atoms with E-state index in [9.17, 15) is 18.0 Å². The van der Waals surface area contributed by atoms with Crippen molar-refractivity contribution in [2.75, 3.05) is 20.1 Å². The average molecular weight is 482 g/mol. The summed E-state index contributed by atoms with van der Waals surface area (Å²) >= 11 is 7.36. The number of nitrogens with one attached hydrogen (secondary N) is 1. The first-order valence-corrected chi connectivity index (χ1v) is 12.2. The Morgan fingerprint density at radius 1 is 1.19 bits per heavy atom. The molecule has 0 saturated carbocycles. The highest BCUT2D eigenvalue weighted by Gasteiger charge is 2.57. The lowest BCUT2D eigenvalue weighted by atomic mass is 9.96. The zero-order valence-corrected chi connectivity index (χ0v) is 18.9. The van der Waals surface area contributed by atoms with Gasteiger partial charge in [-0.05, 0) is 41.8 Å². The fourth-order valence-corrected chi connectivity index (χ4v) is 5.40. The predicted molar refractivity (Wildman–Crippen MR) is 117 cm³/mol. The number of hydrogen-bond acceptors (Lipinski definition) is 7. The van der Waals surface area contributed by atoms with Gasteiger partial charge >= 0.3 is 0 Å². The van der Waals surface area contributed by atoms with Crippen molar-refractivity contribution in [3.8, 4) is 0 Å². The number of imide groups is 1. The van der Waals surface area contributed by atoms with E-state index in [-0.39, 0.29) is 23.9 Å². The lowest BCUT2D eigenvalue weighted by Gasteiger charge is -2.23. The van der Waals surface area contributed by atoms with E-state index >= 15 is 0 Å². The Kier molecular flexibility index (Phi) is 6.29. The zero-order valence-electron chi connectivity index (χ0n) is 16.5. The van der Waals surface area contributed by atoms with E-state index in [1.54, 1.807) is 11.3 Å². The van der Waals surface area contributed by atoms with Crippen LogP contribution >= 0.6 is 22.9 Å². The lowest BCUT2D eigenvalue weighted by molar-refractivity contribution is -0.173. The third-order valence-electron chi connectivity index (χ3n) is 5.21. The minimum absolute atomic E-state index is 0.0337. The highest BCUT2D eigenvalue weighted by molar-refractivity contribution is 7.89. The quantitative estimate of drug-likeness (QED) is 0.607. The van der Waals surface area contributed by atoms with Crippen LogP contribution in [0.1, 0.15) is 4.88 Å². The number of fused-ring (bicyclic) bond motifs is 1. The van der Waals surface area contributed by atoms with Crippen molar-refractivity contribution in [3.05, 3.63) is 57.8 Å². The van der Waals surface area contributed by atoms with Crippen molar-refractivity contribution in [2.24, 2.45) is 5.92 Å². The Labute approximate surface area is 189 Å². The standard InChI is InChI=1S/C20H20ClN3O5S2/c1-23-19(25)17-16(9-6-14-3-2-12-30-14)24(29-18(17)20(23)26)11-10-22-31(27,28)15-7-4-13(21)5-8-15/h2-9,12,16-18,22H,10-11H2,1H3/b9-6+/t16?,17-,18+/m0/s1. The second-order valence-corrected chi connectivity index (χ2v) is 10.3. The number of carbonyl (C=O) groups excluding carboxylic acids is 2. The number of nitrogens with zero attached hydrogens (tertiary/aromatic N) is 2. The van der Waals surface area contributed by atoms with Crippen LogP contribution in [0.2, 0.25) is 5.02 Å². The van der Waals surface area contributed by atoms with Gasteiger partial charge in [-0.15, -0.1) is 11.3 Å². The van der Waals surface area contributed by atoms with Gasteiger partial charge in [0.2, 0.25) is 15.9 Å². The van der Waals surface area contributed by atoms with Crippen molar-refractivity contribution in [1.29, 1.82) is 0 Å². The van der Waals surface area contributed by atoms with Crippen LogP contribution in [-0.2, 0) is 24.4 Å². The summed E-state index contributed by atoms with van der Waals surface area (Å²) in [6, 6.07) is 9.20. The van der Waals surface area contributed by atoms with Crippen LogP contribution in [0.4, 0.5) is 0 Å². The molecule has 0 radical (unpaired) electrons. The summed E-state index contributed by atoms with van der Waals surface area (Å²) in [6.45, 7) is 0.190. The molecule has 2 saturated heterocycles. The summed E-state index contributed by atoms with van der Waals surface area (Å²) in [5, 5.41) is 3.89. The molecule has 2 amide bonds. The van der Waals surface area contributed by atoms with E-state index < -0.39 is 34.0 Å². The largest absolute Gasteiger partial charge is 0.284 e. The molecule has 2 aliphatic rings. The second-order valence-electron chi connectivity index (χ2n) is 7.14. The highest BCUT2D eigenvalue weighted by atomic mass is 35.5. The van der Waals surface area contributed by atoms with Crippen LogP contribution < -0.4 is 4.72 Å². The number of carbonyl (C=O) groups is 2. The number of likely N-dealkylation sites (tertiary alicyclic amines) is 1. The molecule has 1 aromatic carbocycles. The zero-order chi connectivity index (χ0) is 22.2. The summed E-state index contributed by atoms with van der Waals surface area (Å²) in [4.78, 5) is 32.9. The molecular formula is C20H20ClN3O5S2. The number of amides is 2. The molecule has 8 nitrogen and oxygen atoms in total. The van der Waals surface area contributed by atoms with Crippen LogP contribution in [0.25, 0.3) is 6.08 Å². The molecule has 164 valence electrons. The van der Waals surface area contributed by atoms with Crippen LogP contribution in [0.15, 0.2) is 52.7 Å². The third-order valence-corrected chi connectivity index (χ3v) is 7.78. The number of sulfonamides is 1. The molecule has 31 heavy (non-hydrogen) atoms. The van der Waals surface area contributed by atoms with Crippen molar-refractivity contribution in [2.45, 2.75) is 17.0 Å². The normalized spacial score (nSPS) is 24.5. The first kappa shape index (κ1) is 22.1. The molecule has 2 fully saturated rings. The molecule has 4 rings (SSSR count). The molecule has 0 spiro atoms. The number of hydroxylamine groups is 2. The van der Waals surface area contributed by atoms with Gasteiger partial charge in [0.25, 0.3) is 5.91 Å². The van der Waals surface area contributed by atoms with Gasteiger partial charge in [-0.2, -0.15) is 5.06 Å². The molecule has 3 heterocycles. The lowest BCUT2D eigenvalue weighted by Crippen LogP contribution is -2.41. The monoisotopic (exact) mass is 481 g/mol. The van der Waals surface area contributed by atoms with Crippen molar-refractivity contribution in [1.82, 2.24) is 14.7 Å². The molecule has 3 atom stereocenters. The summed E-state index contributed by atoms with van der Waals surface area (Å²) < 4.78 is 27.5. The predicted octanol–water partition coefficient (Wildman–Crippen LogP) is 1.99. The smallest absolute Gasteiger partial charge is 0.261 e. The maximum absolute atomic E-state index is 12.6. The molecule has 2 aliphatic heterocycles. The van der Waals surface area contributed by atoms with Crippen molar-refractivity contribution >= 4 is 50.9 Å². The Hall–Kier alpha value is -2.08. The summed E-state index contributed by atoms with van der Waals surface area (Å²) in [7, 11) is -2.29. The first-order chi connectivity index (χ1) is 14.8. The maximum atomic E-state index is 12.6. The van der Waals surface area contributed by atoms with Crippen molar-refractivity contribution < 1.29 is 22.8 Å². The van der Waals surface area contributed by atoms with E-state index in [1.165, 1.54) is 36.4 Å². The fourth-order valence-electron chi connectivity index (χ4n) is 3.62.